The first-order valence-corrected chi connectivity index (χ1v) is 8.63. The van der Waals surface area contributed by atoms with Crippen molar-refractivity contribution in [1.82, 2.24) is 5.32 Å². The molecule has 0 bridgehead atoms. The van der Waals surface area contributed by atoms with E-state index in [-0.39, 0.29) is 6.54 Å². The second-order valence-electron chi connectivity index (χ2n) is 4.79. The molecule has 0 saturated carbocycles. The summed E-state index contributed by atoms with van der Waals surface area (Å²) in [5, 5.41) is 33.2. The predicted octanol–water partition coefficient (Wildman–Crippen LogP) is -3.62. The molecular weight excluding hydrogens is 330 g/mol. The second kappa shape index (κ2) is 9.57. The molecule has 0 aliphatic rings. The summed E-state index contributed by atoms with van der Waals surface area (Å²) in [5.74, 6) is -4.69. The fourth-order valence-electron chi connectivity index (χ4n) is 1.86. The van der Waals surface area contributed by atoms with E-state index in [1.165, 1.54) is 21.3 Å². The van der Waals surface area contributed by atoms with Crippen LogP contribution < -0.4 is 15.5 Å². The monoisotopic (exact) mass is 351 g/mol. The molecule has 1 amide bonds. The minimum atomic E-state index is -2.81. The molecule has 1 unspecified atom stereocenters. The molecule has 10 nitrogen and oxygen atoms in total. The van der Waals surface area contributed by atoms with Crippen LogP contribution in [0.2, 0.25) is 6.04 Å². The van der Waals surface area contributed by atoms with E-state index in [0.717, 1.165) is 0 Å². The average Bonchev–Trinajstić information content (AvgIpc) is 2.47. The summed E-state index contributed by atoms with van der Waals surface area (Å²) >= 11 is 0. The van der Waals surface area contributed by atoms with Gasteiger partial charge in [-0.05, 0) is 6.42 Å². The van der Waals surface area contributed by atoms with Gasteiger partial charge < -0.3 is 43.5 Å². The van der Waals surface area contributed by atoms with Crippen molar-refractivity contribution in [3.8, 4) is 0 Å². The number of carbonyl (C=O) groups is 3. The molecule has 0 saturated heterocycles. The molecule has 0 radical (unpaired) electrons. The Morgan fingerprint density at radius 3 is 2.00 bits per heavy atom. The Hall–Kier alpha value is -1.53. The Morgan fingerprint density at radius 1 is 1.09 bits per heavy atom. The highest BCUT2D eigenvalue weighted by Gasteiger charge is 2.37. The maximum Gasteiger partial charge on any atom is 0.500 e. The summed E-state index contributed by atoms with van der Waals surface area (Å²) in [6.07, 6.45) is -1.78. The first-order valence-electron chi connectivity index (χ1n) is 6.70. The van der Waals surface area contributed by atoms with E-state index in [0.29, 0.717) is 12.5 Å². The van der Waals surface area contributed by atoms with Gasteiger partial charge in [-0.15, -0.1) is 0 Å². The van der Waals surface area contributed by atoms with Crippen LogP contribution in [0.15, 0.2) is 0 Å². The van der Waals surface area contributed by atoms with Crippen molar-refractivity contribution in [3.05, 3.63) is 0 Å². The van der Waals surface area contributed by atoms with Gasteiger partial charge in [0.05, 0.1) is 12.4 Å². The fourth-order valence-corrected chi connectivity index (χ4v) is 3.58. The zero-order valence-electron chi connectivity index (χ0n) is 13.2. The maximum atomic E-state index is 11.6. The number of rotatable bonds is 12. The van der Waals surface area contributed by atoms with Crippen molar-refractivity contribution >= 4 is 26.7 Å². The molecule has 0 aromatic carbocycles. The molecule has 134 valence electrons. The van der Waals surface area contributed by atoms with E-state index in [9.17, 15) is 29.7 Å². The van der Waals surface area contributed by atoms with Gasteiger partial charge in [-0.25, -0.2) is 0 Å². The summed E-state index contributed by atoms with van der Waals surface area (Å²) in [4.78, 5) is 32.9. The van der Waals surface area contributed by atoms with Crippen molar-refractivity contribution < 1.29 is 43.0 Å². The van der Waals surface area contributed by atoms with Gasteiger partial charge in [0, 0.05) is 46.3 Å². The van der Waals surface area contributed by atoms with Crippen molar-refractivity contribution in [2.24, 2.45) is 0 Å². The van der Waals surface area contributed by atoms with E-state index in [1.807, 2.05) is 0 Å². The van der Waals surface area contributed by atoms with Gasteiger partial charge in [0.25, 0.3) is 0 Å². The summed E-state index contributed by atoms with van der Waals surface area (Å²) in [5.41, 5.74) is -2.81. The molecule has 0 aliphatic carbocycles. The summed E-state index contributed by atoms with van der Waals surface area (Å²) in [7, 11) is 1.56. The molecule has 2 N–H and O–H groups in total. The number of aliphatic carboxylic acids is 2. The minimum Gasteiger partial charge on any atom is -0.550 e. The van der Waals surface area contributed by atoms with Crippen molar-refractivity contribution in [3.63, 3.8) is 0 Å². The van der Waals surface area contributed by atoms with E-state index < -0.39 is 45.1 Å². The van der Waals surface area contributed by atoms with Gasteiger partial charge in [-0.1, -0.05) is 0 Å². The third-order valence-corrected chi connectivity index (χ3v) is 6.02. The zero-order chi connectivity index (χ0) is 18.1. The summed E-state index contributed by atoms with van der Waals surface area (Å²) in [6.45, 7) is 0.137. The number of hydrogen-bond acceptors (Lipinski definition) is 9. The lowest BCUT2D eigenvalue weighted by Crippen LogP contribution is -2.53. The van der Waals surface area contributed by atoms with Crippen LogP contribution in [0.4, 0.5) is 0 Å². The molecule has 11 heteroatoms. The molecule has 0 fully saturated rings. The molecule has 0 aromatic heterocycles. The Labute approximate surface area is 134 Å². The molecule has 0 heterocycles. The minimum absolute atomic E-state index is 0.137. The van der Waals surface area contributed by atoms with Crippen LogP contribution in [0.25, 0.3) is 0 Å². The number of carboxylic acid groups (broad SMARTS) is 2. The number of aliphatic hydroxyl groups is 1. The Kier molecular flexibility index (Phi) is 8.93. The lowest BCUT2D eigenvalue weighted by Gasteiger charge is -2.29. The number of carboxylic acids is 2. The lowest BCUT2D eigenvalue weighted by atomic mass is 9.95. The molecular formula is C12H21NO9Si-2. The quantitative estimate of drug-likeness (QED) is 0.267. The highest BCUT2D eigenvalue weighted by Crippen LogP contribution is 2.16. The van der Waals surface area contributed by atoms with E-state index >= 15 is 0 Å². The van der Waals surface area contributed by atoms with Gasteiger partial charge in [0.15, 0.2) is 0 Å². The van der Waals surface area contributed by atoms with E-state index in [2.05, 4.69) is 5.32 Å². The highest BCUT2D eigenvalue weighted by atomic mass is 28.4. The molecule has 23 heavy (non-hydrogen) atoms. The smallest absolute Gasteiger partial charge is 0.500 e. The Balaban J connectivity index is 4.40. The van der Waals surface area contributed by atoms with Crippen LogP contribution >= 0.6 is 0 Å². The van der Waals surface area contributed by atoms with Crippen LogP contribution in [0.3, 0.4) is 0 Å². The predicted molar refractivity (Wildman–Crippen MR) is 73.4 cm³/mol. The van der Waals surface area contributed by atoms with Gasteiger partial charge >= 0.3 is 8.80 Å². The number of carbonyl (C=O) groups excluding carboxylic acids is 3. The standard InChI is InChI=1S/C12H23NO9Si/c1-20-23(21-2,22-3)6-4-5-13-9(14)7-12(19,11(17)18)8-10(15)16/h19H,4-8H2,1-3H3,(H,13,14)(H,15,16)(H,17,18)/p-2. The second-order valence-corrected chi connectivity index (χ2v) is 7.88. The fraction of sp³-hybridized carbons (Fsp3) is 0.750. The highest BCUT2D eigenvalue weighted by molar-refractivity contribution is 6.60. The molecule has 0 rings (SSSR count). The number of hydrogen-bond donors (Lipinski definition) is 2. The maximum absolute atomic E-state index is 11.6. The van der Waals surface area contributed by atoms with Crippen LogP contribution in [-0.4, -0.2) is 65.2 Å². The lowest BCUT2D eigenvalue weighted by molar-refractivity contribution is -0.333. The average molecular weight is 351 g/mol. The van der Waals surface area contributed by atoms with E-state index in [1.54, 1.807) is 0 Å². The van der Waals surface area contributed by atoms with Crippen molar-refractivity contribution in [2.45, 2.75) is 30.9 Å². The van der Waals surface area contributed by atoms with Gasteiger partial charge in [-0.3, -0.25) is 4.79 Å². The summed E-state index contributed by atoms with van der Waals surface area (Å²) < 4.78 is 15.5. The van der Waals surface area contributed by atoms with Crippen LogP contribution in [0, 0.1) is 0 Å². The molecule has 0 aliphatic heterocycles. The Morgan fingerprint density at radius 2 is 1.61 bits per heavy atom. The Bertz CT molecular complexity index is 418. The van der Waals surface area contributed by atoms with Crippen LogP contribution in [-0.2, 0) is 27.7 Å². The largest absolute Gasteiger partial charge is 0.550 e. The SMILES string of the molecule is CO[Si](CCCNC(=O)CC(O)(CC(=O)[O-])C(=O)[O-])(OC)OC. The first-order chi connectivity index (χ1) is 10.6. The van der Waals surface area contributed by atoms with Crippen molar-refractivity contribution in [1.29, 1.82) is 0 Å². The third kappa shape index (κ3) is 7.05. The zero-order valence-corrected chi connectivity index (χ0v) is 14.2. The number of amides is 1. The van der Waals surface area contributed by atoms with Crippen molar-refractivity contribution in [2.75, 3.05) is 27.9 Å². The normalized spacial score (nSPS) is 14.1. The van der Waals surface area contributed by atoms with Gasteiger partial charge in [0.1, 0.15) is 5.60 Å². The summed E-state index contributed by atoms with van der Waals surface area (Å²) in [6, 6.07) is 0.403. The topological polar surface area (TPSA) is 157 Å². The number of nitrogens with one attached hydrogen (secondary N) is 1. The molecule has 0 aromatic rings. The van der Waals surface area contributed by atoms with E-state index in [4.69, 9.17) is 13.3 Å². The molecule has 1 atom stereocenters. The van der Waals surface area contributed by atoms with Crippen LogP contribution in [0.1, 0.15) is 19.3 Å². The molecule has 0 spiro atoms. The third-order valence-electron chi connectivity index (χ3n) is 3.18. The van der Waals surface area contributed by atoms with Gasteiger partial charge in [-0.2, -0.15) is 0 Å². The van der Waals surface area contributed by atoms with Gasteiger partial charge in [0.2, 0.25) is 5.91 Å². The van der Waals surface area contributed by atoms with Crippen LogP contribution in [0.5, 0.6) is 0 Å². The first kappa shape index (κ1) is 21.5.